The summed E-state index contributed by atoms with van der Waals surface area (Å²) in [5.41, 5.74) is -0.849. The molecule has 0 fully saturated rings. The molecule has 13 heavy (non-hydrogen) atoms. The van der Waals surface area contributed by atoms with Crippen LogP contribution in [0.5, 0.6) is 0 Å². The Bertz CT molecular complexity index is 270. The summed E-state index contributed by atoms with van der Waals surface area (Å²) in [6.45, 7) is 1.49. The summed E-state index contributed by atoms with van der Waals surface area (Å²) >= 11 is 5.02. The van der Waals surface area contributed by atoms with Crippen molar-refractivity contribution in [2.75, 3.05) is 6.61 Å². The van der Waals surface area contributed by atoms with E-state index >= 15 is 0 Å². The molecule has 0 atom stereocenters. The summed E-state index contributed by atoms with van der Waals surface area (Å²) in [5.74, 6) is -1.13. The first kappa shape index (κ1) is 11.8. The Morgan fingerprint density at radius 2 is 2.23 bits per heavy atom. The molecule has 0 aromatic rings. The third-order valence-electron chi connectivity index (χ3n) is 1.02. The molecule has 72 valence electrons. The zero-order valence-corrected chi connectivity index (χ0v) is 7.44. The molecular formula is C7H6ClF2NO2. The van der Waals surface area contributed by atoms with Crippen molar-refractivity contribution in [1.82, 2.24) is 0 Å². The minimum Gasteiger partial charge on any atom is -0.462 e. The number of nitrogens with zero attached hydrogens (tertiary/aromatic N) is 1. The molecule has 0 saturated heterocycles. The van der Waals surface area contributed by atoms with Gasteiger partial charge in [0.15, 0.2) is 5.57 Å². The van der Waals surface area contributed by atoms with Gasteiger partial charge >= 0.3 is 5.97 Å². The Morgan fingerprint density at radius 3 is 2.54 bits per heavy atom. The average molecular weight is 210 g/mol. The van der Waals surface area contributed by atoms with Gasteiger partial charge < -0.3 is 4.74 Å². The van der Waals surface area contributed by atoms with Gasteiger partial charge in [-0.3, -0.25) is 0 Å². The van der Waals surface area contributed by atoms with Gasteiger partial charge in [-0.25, -0.2) is 13.6 Å². The molecule has 0 aromatic carbocycles. The van der Waals surface area contributed by atoms with Gasteiger partial charge in [0.2, 0.25) is 0 Å². The topological polar surface area (TPSA) is 50.1 Å². The number of nitriles is 1. The highest BCUT2D eigenvalue weighted by Crippen LogP contribution is 2.18. The second-order valence-electron chi connectivity index (χ2n) is 1.86. The Balaban J connectivity index is 4.80. The molecular weight excluding hydrogens is 204 g/mol. The van der Waals surface area contributed by atoms with Gasteiger partial charge in [-0.2, -0.15) is 5.26 Å². The van der Waals surface area contributed by atoms with Crippen molar-refractivity contribution in [2.24, 2.45) is 0 Å². The summed E-state index contributed by atoms with van der Waals surface area (Å²) in [6.07, 6.45) is -3.04. The van der Waals surface area contributed by atoms with Gasteiger partial charge in [-0.1, -0.05) is 11.6 Å². The molecule has 0 aliphatic carbocycles. The molecule has 0 saturated carbocycles. The minimum atomic E-state index is -3.04. The molecule has 3 nitrogen and oxygen atoms in total. The number of carbonyl (C=O) groups is 1. The average Bonchev–Trinajstić information content (AvgIpc) is 2.05. The van der Waals surface area contributed by atoms with Gasteiger partial charge in [0.05, 0.1) is 6.61 Å². The first-order valence-corrected chi connectivity index (χ1v) is 3.67. The molecule has 0 aromatic heterocycles. The van der Waals surface area contributed by atoms with E-state index in [9.17, 15) is 13.6 Å². The Labute approximate surface area is 78.5 Å². The third kappa shape index (κ3) is 3.38. The number of halogens is 3. The van der Waals surface area contributed by atoms with Crippen molar-refractivity contribution in [3.63, 3.8) is 0 Å². The van der Waals surface area contributed by atoms with Crippen LogP contribution in [0.2, 0.25) is 0 Å². The number of hydrogen-bond donors (Lipinski definition) is 0. The lowest BCUT2D eigenvalue weighted by Gasteiger charge is -2.01. The van der Waals surface area contributed by atoms with E-state index < -0.39 is 23.0 Å². The molecule has 0 heterocycles. The van der Waals surface area contributed by atoms with Crippen molar-refractivity contribution in [1.29, 1.82) is 5.26 Å². The number of rotatable bonds is 3. The van der Waals surface area contributed by atoms with Gasteiger partial charge in [0.1, 0.15) is 11.1 Å². The van der Waals surface area contributed by atoms with Crippen LogP contribution >= 0.6 is 11.6 Å². The highest BCUT2D eigenvalue weighted by atomic mass is 35.5. The van der Waals surface area contributed by atoms with Crippen LogP contribution in [0.3, 0.4) is 0 Å². The van der Waals surface area contributed by atoms with Crippen LogP contribution in [0.15, 0.2) is 10.6 Å². The predicted molar refractivity (Wildman–Crippen MR) is 41.1 cm³/mol. The van der Waals surface area contributed by atoms with Crippen LogP contribution < -0.4 is 0 Å². The van der Waals surface area contributed by atoms with E-state index in [1.54, 1.807) is 0 Å². The molecule has 0 spiro atoms. The summed E-state index contributed by atoms with van der Waals surface area (Å²) in [4.78, 5) is 10.8. The zero-order valence-electron chi connectivity index (χ0n) is 6.68. The van der Waals surface area contributed by atoms with Crippen molar-refractivity contribution < 1.29 is 18.3 Å². The van der Waals surface area contributed by atoms with Gasteiger partial charge in [-0.15, -0.1) is 0 Å². The van der Waals surface area contributed by atoms with Gasteiger partial charge in [0.25, 0.3) is 6.43 Å². The maximum Gasteiger partial charge on any atom is 0.350 e. The highest BCUT2D eigenvalue weighted by molar-refractivity contribution is 6.32. The lowest BCUT2D eigenvalue weighted by atomic mass is 10.3. The lowest BCUT2D eigenvalue weighted by molar-refractivity contribution is -0.138. The summed E-state index contributed by atoms with van der Waals surface area (Å²) < 4.78 is 28.2. The van der Waals surface area contributed by atoms with Crippen LogP contribution in [-0.4, -0.2) is 19.0 Å². The maximum absolute atomic E-state index is 11.9. The molecule has 0 aliphatic rings. The number of hydrogen-bond acceptors (Lipinski definition) is 3. The molecule has 0 amide bonds. The van der Waals surface area contributed by atoms with Crippen molar-refractivity contribution in [2.45, 2.75) is 13.3 Å². The summed E-state index contributed by atoms with van der Waals surface area (Å²) in [7, 11) is 0. The van der Waals surface area contributed by atoms with Crippen molar-refractivity contribution >= 4 is 17.6 Å². The van der Waals surface area contributed by atoms with Crippen LogP contribution in [0.25, 0.3) is 0 Å². The Morgan fingerprint density at radius 1 is 1.69 bits per heavy atom. The van der Waals surface area contributed by atoms with Gasteiger partial charge in [0, 0.05) is 0 Å². The first-order chi connectivity index (χ1) is 6.04. The highest BCUT2D eigenvalue weighted by Gasteiger charge is 2.21. The van der Waals surface area contributed by atoms with E-state index in [0.717, 1.165) is 0 Å². The zero-order chi connectivity index (χ0) is 10.4. The van der Waals surface area contributed by atoms with E-state index in [-0.39, 0.29) is 6.61 Å². The second kappa shape index (κ2) is 5.49. The van der Waals surface area contributed by atoms with Crippen LogP contribution in [0, 0.1) is 11.3 Å². The Kier molecular flexibility index (Phi) is 5.00. The SMILES string of the molecule is CCOC(=O)/C(C#N)=C(/Cl)C(F)F. The number of esters is 1. The fraction of sp³-hybridized carbons (Fsp3) is 0.429. The van der Waals surface area contributed by atoms with E-state index in [2.05, 4.69) is 4.74 Å². The molecule has 0 unspecified atom stereocenters. The number of alkyl halides is 2. The fourth-order valence-corrected chi connectivity index (χ4v) is 0.628. The molecule has 0 aliphatic heterocycles. The van der Waals surface area contributed by atoms with E-state index in [1.807, 2.05) is 0 Å². The van der Waals surface area contributed by atoms with E-state index in [4.69, 9.17) is 16.9 Å². The number of carbonyl (C=O) groups excluding carboxylic acids is 1. The van der Waals surface area contributed by atoms with Crippen LogP contribution in [0.1, 0.15) is 6.92 Å². The smallest absolute Gasteiger partial charge is 0.350 e. The Hall–Kier alpha value is -1.15. The first-order valence-electron chi connectivity index (χ1n) is 3.29. The largest absolute Gasteiger partial charge is 0.462 e. The number of ether oxygens (including phenoxy) is 1. The third-order valence-corrected chi connectivity index (χ3v) is 1.38. The number of allylic oxidation sites excluding steroid dienone is 1. The fourth-order valence-electron chi connectivity index (χ4n) is 0.509. The van der Waals surface area contributed by atoms with Crippen molar-refractivity contribution in [3.05, 3.63) is 10.6 Å². The van der Waals surface area contributed by atoms with Gasteiger partial charge in [-0.05, 0) is 6.92 Å². The second-order valence-corrected chi connectivity index (χ2v) is 2.26. The molecule has 0 radical (unpaired) electrons. The van der Waals surface area contributed by atoms with E-state index in [0.29, 0.717) is 0 Å². The van der Waals surface area contributed by atoms with E-state index in [1.165, 1.54) is 13.0 Å². The predicted octanol–water partition coefficient (Wildman–Crippen LogP) is 1.83. The van der Waals surface area contributed by atoms with Crippen LogP contribution in [0.4, 0.5) is 8.78 Å². The standard InChI is InChI=1S/C7H6ClF2NO2/c1-2-13-7(12)4(3-11)5(8)6(9)10/h6H,2H2,1H3/b5-4+. The monoisotopic (exact) mass is 209 g/mol. The van der Waals surface area contributed by atoms with Crippen molar-refractivity contribution in [3.8, 4) is 6.07 Å². The molecule has 0 N–H and O–H groups in total. The quantitative estimate of drug-likeness (QED) is 0.405. The lowest BCUT2D eigenvalue weighted by Crippen LogP contribution is -2.10. The maximum atomic E-state index is 11.9. The summed E-state index contributed by atoms with van der Waals surface area (Å²) in [5, 5.41) is 7.23. The summed E-state index contributed by atoms with van der Waals surface area (Å²) in [6, 6.07) is 1.26. The normalized spacial score (nSPS) is 12.0. The van der Waals surface area contributed by atoms with Crippen LogP contribution in [-0.2, 0) is 9.53 Å². The molecule has 6 heteroatoms. The molecule has 0 rings (SSSR count). The minimum absolute atomic E-state index is 0.00256. The molecule has 0 bridgehead atoms.